The first-order chi connectivity index (χ1) is 7.59. The smallest absolute Gasteiger partial charge is 0.303 e. The molecule has 0 fully saturated rings. The molecule has 0 amide bonds. The standard InChI is InChI=1S/C12H17NO3/c1-13(2)10-5-3-6-11(9-10)16-8-4-7-12(14)15/h3,5-6,9H,4,7-8H2,1-2H3,(H,14,15). The van der Waals surface area contributed by atoms with Crippen LogP contribution in [0.15, 0.2) is 24.3 Å². The second-order valence-corrected chi connectivity index (χ2v) is 3.74. The van der Waals surface area contributed by atoms with Crippen molar-refractivity contribution in [2.24, 2.45) is 0 Å². The predicted octanol–water partition coefficient (Wildman–Crippen LogP) is 2.00. The van der Waals surface area contributed by atoms with Crippen molar-refractivity contribution in [3.05, 3.63) is 24.3 Å². The van der Waals surface area contributed by atoms with Gasteiger partial charge in [-0.15, -0.1) is 0 Å². The summed E-state index contributed by atoms with van der Waals surface area (Å²) in [5, 5.41) is 8.47. The third kappa shape index (κ3) is 4.21. The molecule has 0 aromatic heterocycles. The molecule has 0 atom stereocenters. The van der Waals surface area contributed by atoms with E-state index in [-0.39, 0.29) is 6.42 Å². The number of hydrogen-bond acceptors (Lipinski definition) is 3. The van der Waals surface area contributed by atoms with Crippen molar-refractivity contribution < 1.29 is 14.6 Å². The second-order valence-electron chi connectivity index (χ2n) is 3.74. The van der Waals surface area contributed by atoms with Gasteiger partial charge in [0.1, 0.15) is 5.75 Å². The summed E-state index contributed by atoms with van der Waals surface area (Å²) in [5.41, 5.74) is 1.07. The molecule has 1 aromatic rings. The molecule has 1 N–H and O–H groups in total. The molecule has 4 heteroatoms. The molecule has 0 unspecified atom stereocenters. The van der Waals surface area contributed by atoms with Crippen LogP contribution in [0, 0.1) is 0 Å². The summed E-state index contributed by atoms with van der Waals surface area (Å²) in [4.78, 5) is 12.3. The number of rotatable bonds is 6. The van der Waals surface area contributed by atoms with Gasteiger partial charge in [0, 0.05) is 32.3 Å². The van der Waals surface area contributed by atoms with Crippen LogP contribution >= 0.6 is 0 Å². The number of carboxylic acids is 1. The molecule has 88 valence electrons. The van der Waals surface area contributed by atoms with Crippen molar-refractivity contribution in [2.45, 2.75) is 12.8 Å². The summed E-state index contributed by atoms with van der Waals surface area (Å²) < 4.78 is 5.46. The van der Waals surface area contributed by atoms with Crippen molar-refractivity contribution in [1.82, 2.24) is 0 Å². The minimum absolute atomic E-state index is 0.146. The van der Waals surface area contributed by atoms with Gasteiger partial charge in [-0.25, -0.2) is 0 Å². The van der Waals surface area contributed by atoms with Crippen LogP contribution in [0.25, 0.3) is 0 Å². The zero-order valence-corrected chi connectivity index (χ0v) is 9.64. The Morgan fingerprint density at radius 2 is 2.19 bits per heavy atom. The monoisotopic (exact) mass is 223 g/mol. The predicted molar refractivity (Wildman–Crippen MR) is 63.1 cm³/mol. The Kier molecular flexibility index (Phi) is 4.64. The Morgan fingerprint density at radius 3 is 2.81 bits per heavy atom. The fourth-order valence-electron chi connectivity index (χ4n) is 1.26. The maximum absolute atomic E-state index is 10.3. The van der Waals surface area contributed by atoms with E-state index < -0.39 is 5.97 Å². The van der Waals surface area contributed by atoms with Gasteiger partial charge in [-0.05, 0) is 18.6 Å². The van der Waals surface area contributed by atoms with Gasteiger partial charge in [0.05, 0.1) is 6.61 Å². The summed E-state index contributed by atoms with van der Waals surface area (Å²) in [6.07, 6.45) is 0.675. The Labute approximate surface area is 95.5 Å². The van der Waals surface area contributed by atoms with Crippen molar-refractivity contribution in [2.75, 3.05) is 25.6 Å². The van der Waals surface area contributed by atoms with E-state index >= 15 is 0 Å². The number of benzene rings is 1. The van der Waals surface area contributed by atoms with E-state index in [2.05, 4.69) is 0 Å². The molecule has 0 spiro atoms. The third-order valence-corrected chi connectivity index (χ3v) is 2.14. The lowest BCUT2D eigenvalue weighted by atomic mass is 10.3. The molecule has 0 heterocycles. The Bertz CT molecular complexity index is 350. The molecular weight excluding hydrogens is 206 g/mol. The van der Waals surface area contributed by atoms with Gasteiger partial charge in [-0.1, -0.05) is 6.07 Å². The highest BCUT2D eigenvalue weighted by Gasteiger charge is 2.00. The number of nitrogens with zero attached hydrogens (tertiary/aromatic N) is 1. The largest absolute Gasteiger partial charge is 0.494 e. The molecule has 1 rings (SSSR count). The zero-order valence-electron chi connectivity index (χ0n) is 9.64. The molecule has 0 aliphatic rings. The maximum atomic E-state index is 10.3. The fourth-order valence-corrected chi connectivity index (χ4v) is 1.26. The Hall–Kier alpha value is -1.71. The summed E-state index contributed by atoms with van der Waals surface area (Å²) in [6, 6.07) is 7.71. The topological polar surface area (TPSA) is 49.8 Å². The molecule has 0 saturated heterocycles. The first kappa shape index (κ1) is 12.4. The average molecular weight is 223 g/mol. The van der Waals surface area contributed by atoms with Gasteiger partial charge in [-0.3, -0.25) is 4.79 Å². The van der Waals surface area contributed by atoms with Crippen molar-refractivity contribution in [3.8, 4) is 5.75 Å². The fraction of sp³-hybridized carbons (Fsp3) is 0.417. The van der Waals surface area contributed by atoms with Crippen molar-refractivity contribution in [1.29, 1.82) is 0 Å². The summed E-state index contributed by atoms with van der Waals surface area (Å²) >= 11 is 0. The first-order valence-corrected chi connectivity index (χ1v) is 5.21. The van der Waals surface area contributed by atoms with Crippen LogP contribution in [0.1, 0.15) is 12.8 Å². The van der Waals surface area contributed by atoms with E-state index in [0.29, 0.717) is 13.0 Å². The van der Waals surface area contributed by atoms with Crippen LogP contribution in [0.4, 0.5) is 5.69 Å². The number of aliphatic carboxylic acids is 1. The normalized spacial score (nSPS) is 9.88. The van der Waals surface area contributed by atoms with E-state index in [4.69, 9.17) is 9.84 Å². The highest BCUT2D eigenvalue weighted by Crippen LogP contribution is 2.19. The summed E-state index contributed by atoms with van der Waals surface area (Å²) in [6.45, 7) is 0.434. The lowest BCUT2D eigenvalue weighted by molar-refractivity contribution is -0.137. The summed E-state index contributed by atoms with van der Waals surface area (Å²) in [7, 11) is 3.92. The van der Waals surface area contributed by atoms with Gasteiger partial charge in [-0.2, -0.15) is 0 Å². The molecular formula is C12H17NO3. The minimum atomic E-state index is -0.786. The van der Waals surface area contributed by atoms with Crippen LogP contribution in [0.5, 0.6) is 5.75 Å². The van der Waals surface area contributed by atoms with E-state index in [1.165, 1.54) is 0 Å². The van der Waals surface area contributed by atoms with E-state index in [0.717, 1.165) is 11.4 Å². The van der Waals surface area contributed by atoms with Crippen molar-refractivity contribution >= 4 is 11.7 Å². The molecule has 4 nitrogen and oxygen atoms in total. The number of carboxylic acid groups (broad SMARTS) is 1. The van der Waals surface area contributed by atoms with Crippen LogP contribution < -0.4 is 9.64 Å². The van der Waals surface area contributed by atoms with Gasteiger partial charge >= 0.3 is 5.97 Å². The van der Waals surface area contributed by atoms with Gasteiger partial charge in [0.2, 0.25) is 0 Å². The summed E-state index contributed by atoms with van der Waals surface area (Å²) in [5.74, 6) is -0.0118. The van der Waals surface area contributed by atoms with Crippen molar-refractivity contribution in [3.63, 3.8) is 0 Å². The molecule has 0 saturated carbocycles. The molecule has 0 aliphatic carbocycles. The second kappa shape index (κ2) is 6.00. The highest BCUT2D eigenvalue weighted by molar-refractivity contribution is 5.66. The molecule has 16 heavy (non-hydrogen) atoms. The lowest BCUT2D eigenvalue weighted by Gasteiger charge is -2.13. The van der Waals surface area contributed by atoms with Crippen LogP contribution in [-0.4, -0.2) is 31.8 Å². The average Bonchev–Trinajstić information content (AvgIpc) is 2.24. The number of ether oxygens (including phenoxy) is 1. The zero-order chi connectivity index (χ0) is 12.0. The van der Waals surface area contributed by atoms with Gasteiger partial charge in [0.15, 0.2) is 0 Å². The minimum Gasteiger partial charge on any atom is -0.494 e. The van der Waals surface area contributed by atoms with E-state index in [9.17, 15) is 4.79 Å². The third-order valence-electron chi connectivity index (χ3n) is 2.14. The number of carbonyl (C=O) groups is 1. The van der Waals surface area contributed by atoms with Crippen LogP contribution in [-0.2, 0) is 4.79 Å². The van der Waals surface area contributed by atoms with Crippen LogP contribution in [0.2, 0.25) is 0 Å². The SMILES string of the molecule is CN(C)c1cccc(OCCCC(=O)O)c1. The quantitative estimate of drug-likeness (QED) is 0.749. The maximum Gasteiger partial charge on any atom is 0.303 e. The number of anilines is 1. The van der Waals surface area contributed by atoms with E-state index in [1.807, 2.05) is 43.3 Å². The van der Waals surface area contributed by atoms with Gasteiger partial charge in [0.25, 0.3) is 0 Å². The van der Waals surface area contributed by atoms with Crippen LogP contribution in [0.3, 0.4) is 0 Å². The lowest BCUT2D eigenvalue weighted by Crippen LogP contribution is -2.08. The molecule has 0 bridgehead atoms. The van der Waals surface area contributed by atoms with Gasteiger partial charge < -0.3 is 14.7 Å². The number of hydrogen-bond donors (Lipinski definition) is 1. The first-order valence-electron chi connectivity index (χ1n) is 5.21. The highest BCUT2D eigenvalue weighted by atomic mass is 16.5. The molecule has 1 aromatic carbocycles. The Morgan fingerprint density at radius 1 is 1.44 bits per heavy atom. The molecule has 0 aliphatic heterocycles. The van der Waals surface area contributed by atoms with E-state index in [1.54, 1.807) is 0 Å². The molecule has 0 radical (unpaired) electrons. The Balaban J connectivity index is 2.42.